The molecule has 0 amide bonds. The van der Waals surface area contributed by atoms with E-state index in [1.807, 2.05) is 36.4 Å². The number of phenolic OH excluding ortho intramolecular Hbond substituents is 1. The van der Waals surface area contributed by atoms with Crippen LogP contribution in [0.25, 0.3) is 0 Å². The summed E-state index contributed by atoms with van der Waals surface area (Å²) in [6.45, 7) is 0. The maximum absolute atomic E-state index is 12.8. The van der Waals surface area contributed by atoms with E-state index >= 15 is 0 Å². The summed E-state index contributed by atoms with van der Waals surface area (Å²) in [5.41, 5.74) is 3.20. The highest BCUT2D eigenvalue weighted by Gasteiger charge is 2.37. The molecule has 6 nitrogen and oxygen atoms in total. The lowest BCUT2D eigenvalue weighted by Crippen LogP contribution is -2.31. The van der Waals surface area contributed by atoms with Gasteiger partial charge in [-0.15, -0.1) is 5.10 Å². The standard InChI is InChI=1S/C22H19ClN4O2S/c23-15-8-3-1-6-13(15)12-30-22-25-21-24-16-9-5-11-18(29)19(16)20(27(21)26-22)14-7-2-4-10-17(14)28/h1-4,6-8,10,20,28H,5,9,11-12H2,(H,24,25,26). The van der Waals surface area contributed by atoms with Gasteiger partial charge in [-0.3, -0.25) is 4.79 Å². The molecule has 1 aliphatic carbocycles. The van der Waals surface area contributed by atoms with Gasteiger partial charge in [0, 0.05) is 34.0 Å². The van der Waals surface area contributed by atoms with E-state index in [2.05, 4.69) is 15.4 Å². The molecule has 1 unspecified atom stereocenters. The van der Waals surface area contributed by atoms with Gasteiger partial charge in [0.15, 0.2) is 5.78 Å². The number of anilines is 1. The van der Waals surface area contributed by atoms with Crippen LogP contribution in [0.1, 0.15) is 36.4 Å². The number of ketones is 1. The van der Waals surface area contributed by atoms with Gasteiger partial charge in [-0.05, 0) is 30.5 Å². The van der Waals surface area contributed by atoms with Crippen LogP contribution in [0.15, 0.2) is 65.0 Å². The first-order valence-corrected chi connectivity index (χ1v) is 11.1. The number of nitrogens with one attached hydrogen (secondary N) is 1. The van der Waals surface area contributed by atoms with Crippen LogP contribution in [0.4, 0.5) is 5.95 Å². The van der Waals surface area contributed by atoms with E-state index in [0.717, 1.165) is 24.1 Å². The Hall–Kier alpha value is -2.77. The van der Waals surface area contributed by atoms with Crippen LogP contribution in [0, 0.1) is 0 Å². The number of para-hydroxylation sites is 1. The normalized spacial score (nSPS) is 18.0. The van der Waals surface area contributed by atoms with Gasteiger partial charge in [0.2, 0.25) is 11.1 Å². The summed E-state index contributed by atoms with van der Waals surface area (Å²) < 4.78 is 1.71. The Morgan fingerprint density at radius 3 is 2.80 bits per heavy atom. The largest absolute Gasteiger partial charge is 0.508 e. The zero-order chi connectivity index (χ0) is 20.7. The number of allylic oxidation sites excluding steroid dienone is 2. The number of aromatic nitrogens is 3. The lowest BCUT2D eigenvalue weighted by atomic mass is 9.85. The van der Waals surface area contributed by atoms with Gasteiger partial charge in [0.1, 0.15) is 11.8 Å². The van der Waals surface area contributed by atoms with Gasteiger partial charge >= 0.3 is 0 Å². The number of fused-ring (bicyclic) bond motifs is 1. The zero-order valence-electron chi connectivity index (χ0n) is 16.0. The van der Waals surface area contributed by atoms with Crippen molar-refractivity contribution in [2.75, 3.05) is 5.32 Å². The molecule has 2 heterocycles. The number of aromatic hydroxyl groups is 1. The first-order chi connectivity index (χ1) is 14.6. The molecule has 152 valence electrons. The van der Waals surface area contributed by atoms with E-state index in [1.165, 1.54) is 11.8 Å². The molecule has 3 aromatic rings. The van der Waals surface area contributed by atoms with E-state index in [0.29, 0.717) is 39.4 Å². The maximum atomic E-state index is 12.8. The Labute approximate surface area is 183 Å². The van der Waals surface area contributed by atoms with Crippen molar-refractivity contribution in [1.29, 1.82) is 0 Å². The van der Waals surface area contributed by atoms with Gasteiger partial charge < -0.3 is 10.4 Å². The summed E-state index contributed by atoms with van der Waals surface area (Å²) in [6, 6.07) is 14.3. The van der Waals surface area contributed by atoms with Crippen LogP contribution in [-0.4, -0.2) is 25.7 Å². The monoisotopic (exact) mass is 438 g/mol. The number of halogens is 1. The number of carbonyl (C=O) groups excluding carboxylic acids is 1. The first kappa shape index (κ1) is 19.2. The molecule has 8 heteroatoms. The quantitative estimate of drug-likeness (QED) is 0.561. The van der Waals surface area contributed by atoms with Crippen molar-refractivity contribution in [3.63, 3.8) is 0 Å². The van der Waals surface area contributed by atoms with Crippen molar-refractivity contribution in [1.82, 2.24) is 14.8 Å². The number of thioether (sulfide) groups is 1. The number of benzene rings is 2. The molecule has 1 aromatic heterocycles. The van der Waals surface area contributed by atoms with Crippen molar-refractivity contribution in [3.8, 4) is 5.75 Å². The number of Topliss-reactive ketones (excluding diaryl/α,β-unsaturated/α-hetero) is 1. The number of hydrogen-bond acceptors (Lipinski definition) is 6. The van der Waals surface area contributed by atoms with Gasteiger partial charge in [-0.25, -0.2) is 4.68 Å². The Bertz CT molecular complexity index is 1170. The number of carbonyl (C=O) groups is 1. The lowest BCUT2D eigenvalue weighted by molar-refractivity contribution is -0.116. The average molecular weight is 439 g/mol. The number of hydrogen-bond donors (Lipinski definition) is 2. The highest BCUT2D eigenvalue weighted by Crippen LogP contribution is 2.43. The van der Waals surface area contributed by atoms with Crippen molar-refractivity contribution in [2.45, 2.75) is 36.2 Å². The van der Waals surface area contributed by atoms with E-state index in [1.54, 1.807) is 16.8 Å². The van der Waals surface area contributed by atoms with Crippen LogP contribution >= 0.6 is 23.4 Å². The molecule has 30 heavy (non-hydrogen) atoms. The number of nitrogens with zero attached hydrogens (tertiary/aromatic N) is 3. The second kappa shape index (κ2) is 7.81. The average Bonchev–Trinajstić information content (AvgIpc) is 3.15. The SMILES string of the molecule is O=C1CCCC2=C1C(c1ccccc1O)n1nc(SCc3ccccc3Cl)nc1N2. The third kappa shape index (κ3) is 3.38. The summed E-state index contributed by atoms with van der Waals surface area (Å²) in [7, 11) is 0. The Morgan fingerprint density at radius 1 is 1.17 bits per heavy atom. The Morgan fingerprint density at radius 2 is 1.97 bits per heavy atom. The van der Waals surface area contributed by atoms with E-state index in [-0.39, 0.29) is 11.5 Å². The minimum atomic E-state index is -0.493. The highest BCUT2D eigenvalue weighted by molar-refractivity contribution is 7.98. The molecule has 2 N–H and O–H groups in total. The molecular weight excluding hydrogens is 420 g/mol. The Balaban J connectivity index is 1.53. The van der Waals surface area contributed by atoms with Gasteiger partial charge in [0.25, 0.3) is 0 Å². The van der Waals surface area contributed by atoms with E-state index in [9.17, 15) is 9.90 Å². The fourth-order valence-corrected chi connectivity index (χ4v) is 5.08. The lowest BCUT2D eigenvalue weighted by Gasteiger charge is -2.32. The summed E-state index contributed by atoms with van der Waals surface area (Å²) >= 11 is 7.75. The summed E-state index contributed by atoms with van der Waals surface area (Å²) in [5.74, 6) is 1.44. The maximum Gasteiger partial charge on any atom is 0.227 e. The van der Waals surface area contributed by atoms with Crippen LogP contribution in [0.3, 0.4) is 0 Å². The van der Waals surface area contributed by atoms with Crippen LogP contribution in [0.5, 0.6) is 5.75 Å². The molecule has 0 spiro atoms. The molecule has 0 saturated heterocycles. The minimum Gasteiger partial charge on any atom is -0.508 e. The molecular formula is C22H19ClN4O2S. The van der Waals surface area contributed by atoms with E-state index < -0.39 is 6.04 Å². The van der Waals surface area contributed by atoms with Gasteiger partial charge in [0.05, 0.1) is 0 Å². The third-order valence-corrected chi connectivity index (χ3v) is 6.65. The second-order valence-electron chi connectivity index (χ2n) is 7.30. The minimum absolute atomic E-state index is 0.0865. The van der Waals surface area contributed by atoms with Crippen LogP contribution in [0.2, 0.25) is 5.02 Å². The molecule has 2 aliphatic rings. The zero-order valence-corrected chi connectivity index (χ0v) is 17.6. The van der Waals surface area contributed by atoms with Gasteiger partial charge in [-0.2, -0.15) is 4.98 Å². The molecule has 0 fully saturated rings. The summed E-state index contributed by atoms with van der Waals surface area (Å²) in [4.78, 5) is 17.5. The molecule has 5 rings (SSSR count). The summed E-state index contributed by atoms with van der Waals surface area (Å²) in [5, 5.41) is 19.8. The van der Waals surface area contributed by atoms with Crippen molar-refractivity contribution in [3.05, 3.63) is 76.0 Å². The predicted octanol–water partition coefficient (Wildman–Crippen LogP) is 4.95. The Kier molecular flexibility index (Phi) is 5.00. The topological polar surface area (TPSA) is 80.0 Å². The van der Waals surface area contributed by atoms with Gasteiger partial charge in [-0.1, -0.05) is 59.8 Å². The molecule has 0 radical (unpaired) electrons. The second-order valence-corrected chi connectivity index (χ2v) is 8.65. The molecule has 1 aliphatic heterocycles. The molecule has 2 aromatic carbocycles. The third-order valence-electron chi connectivity index (χ3n) is 5.39. The van der Waals surface area contributed by atoms with Crippen molar-refractivity contribution >= 4 is 35.1 Å². The molecule has 0 bridgehead atoms. The first-order valence-electron chi connectivity index (χ1n) is 9.75. The number of phenols is 1. The fourth-order valence-electron chi connectivity index (χ4n) is 3.96. The highest BCUT2D eigenvalue weighted by atomic mass is 35.5. The number of rotatable bonds is 4. The van der Waals surface area contributed by atoms with Crippen molar-refractivity contribution < 1.29 is 9.90 Å². The summed E-state index contributed by atoms with van der Waals surface area (Å²) in [6.07, 6.45) is 2.09. The fraction of sp³-hybridized carbons (Fsp3) is 0.227. The smallest absolute Gasteiger partial charge is 0.227 e. The predicted molar refractivity (Wildman–Crippen MR) is 117 cm³/mol. The van der Waals surface area contributed by atoms with Crippen LogP contribution in [-0.2, 0) is 10.5 Å². The molecule has 1 atom stereocenters. The van der Waals surface area contributed by atoms with Crippen molar-refractivity contribution in [2.24, 2.45) is 0 Å². The molecule has 0 saturated carbocycles. The van der Waals surface area contributed by atoms with E-state index in [4.69, 9.17) is 11.6 Å². The van der Waals surface area contributed by atoms with Crippen LogP contribution < -0.4 is 5.32 Å².